The Hall–Kier alpha value is -2.87. The molecule has 4 heteroatoms. The topological polar surface area (TPSA) is 50.4 Å². The second-order valence-electron chi connectivity index (χ2n) is 7.84. The van der Waals surface area contributed by atoms with Crippen LogP contribution in [0.1, 0.15) is 23.0 Å². The average Bonchev–Trinajstić information content (AvgIpc) is 2.66. The lowest BCUT2D eigenvalue weighted by molar-refractivity contribution is 0.169. The van der Waals surface area contributed by atoms with Crippen molar-refractivity contribution in [1.82, 2.24) is 0 Å². The molecule has 0 spiro atoms. The van der Waals surface area contributed by atoms with Crippen LogP contribution < -0.4 is 5.63 Å². The zero-order valence-corrected chi connectivity index (χ0v) is 17.4. The third-order valence-corrected chi connectivity index (χ3v) is 5.08. The molecule has 1 N–H and O–H groups in total. The van der Waals surface area contributed by atoms with Gasteiger partial charge in [0, 0.05) is 18.1 Å². The van der Waals surface area contributed by atoms with Gasteiger partial charge in [-0.05, 0) is 22.8 Å². The van der Waals surface area contributed by atoms with Gasteiger partial charge in [-0.15, -0.1) is 5.54 Å². The molecule has 0 aliphatic carbocycles. The van der Waals surface area contributed by atoms with Crippen molar-refractivity contribution in [1.29, 1.82) is 0 Å². The molecule has 0 fully saturated rings. The summed E-state index contributed by atoms with van der Waals surface area (Å²) in [5.41, 5.74) is 6.44. The summed E-state index contributed by atoms with van der Waals surface area (Å²) in [6.07, 6.45) is -0.532. The Kier molecular flexibility index (Phi) is 5.98. The van der Waals surface area contributed by atoms with Gasteiger partial charge in [0.2, 0.25) is 0 Å². The van der Waals surface area contributed by atoms with E-state index in [2.05, 4.69) is 31.1 Å². The third kappa shape index (κ3) is 5.56. The highest BCUT2D eigenvalue weighted by atomic mass is 28.3. The maximum absolute atomic E-state index is 11.9. The molecule has 1 unspecified atom stereocenters. The van der Waals surface area contributed by atoms with E-state index in [0.29, 0.717) is 11.3 Å². The minimum atomic E-state index is -1.54. The monoisotopic (exact) mass is 388 g/mol. The largest absolute Gasteiger partial charge is 0.428 e. The van der Waals surface area contributed by atoms with Gasteiger partial charge in [0.05, 0.1) is 6.10 Å². The van der Waals surface area contributed by atoms with Gasteiger partial charge in [-0.3, -0.25) is 0 Å². The number of hydrogen-bond acceptors (Lipinski definition) is 3. The SMILES string of the molecule is C[Si](C)(C)C#Cc1cc(CC(O)c2ccc(-c3ccccc3)cc2)oc(=O)c1. The number of rotatable bonds is 4. The van der Waals surface area contributed by atoms with Crippen LogP contribution in [0, 0.1) is 11.5 Å². The Bertz CT molecular complexity index is 1050. The normalized spacial score (nSPS) is 12.1. The second-order valence-corrected chi connectivity index (χ2v) is 12.6. The van der Waals surface area contributed by atoms with Crippen LogP contribution in [-0.2, 0) is 6.42 Å². The molecule has 0 saturated heterocycles. The standard InChI is InChI=1S/C24H24O3Si/c1-28(2,3)14-13-18-15-22(27-24(26)16-18)17-23(25)21-11-9-20(10-12-21)19-7-5-4-6-8-19/h4-12,15-16,23,25H,17H2,1-3H3. The molecule has 0 aliphatic rings. The zero-order chi connectivity index (χ0) is 20.1. The molecule has 0 bridgehead atoms. The van der Waals surface area contributed by atoms with Gasteiger partial charge in [-0.25, -0.2) is 4.79 Å². The van der Waals surface area contributed by atoms with Crippen molar-refractivity contribution in [2.75, 3.05) is 0 Å². The molecule has 1 atom stereocenters. The summed E-state index contributed by atoms with van der Waals surface area (Å²) in [5.74, 6) is 3.51. The lowest BCUT2D eigenvalue weighted by atomic mass is 10.00. The number of aliphatic hydroxyl groups excluding tert-OH is 1. The van der Waals surface area contributed by atoms with Gasteiger partial charge in [-0.1, -0.05) is 80.2 Å². The lowest BCUT2D eigenvalue weighted by Gasteiger charge is -2.11. The number of benzene rings is 2. The van der Waals surface area contributed by atoms with Crippen molar-refractivity contribution in [3.8, 4) is 22.6 Å². The first-order valence-electron chi connectivity index (χ1n) is 9.31. The molecule has 3 nitrogen and oxygen atoms in total. The predicted octanol–water partition coefficient (Wildman–Crippen LogP) is 4.81. The van der Waals surface area contributed by atoms with Crippen LogP contribution in [-0.4, -0.2) is 13.2 Å². The van der Waals surface area contributed by atoms with E-state index in [0.717, 1.165) is 16.7 Å². The highest BCUT2D eigenvalue weighted by Crippen LogP contribution is 2.23. The molecule has 0 radical (unpaired) electrons. The molecule has 1 heterocycles. The van der Waals surface area contributed by atoms with Crippen molar-refractivity contribution in [3.05, 3.63) is 94.0 Å². The summed E-state index contributed by atoms with van der Waals surface area (Å²) < 4.78 is 5.26. The van der Waals surface area contributed by atoms with E-state index in [1.54, 1.807) is 6.07 Å². The lowest BCUT2D eigenvalue weighted by Crippen LogP contribution is -2.16. The van der Waals surface area contributed by atoms with Gasteiger partial charge in [0.15, 0.2) is 0 Å². The third-order valence-electron chi connectivity index (χ3n) is 4.20. The van der Waals surface area contributed by atoms with E-state index in [-0.39, 0.29) is 6.42 Å². The first-order chi connectivity index (χ1) is 13.3. The number of aliphatic hydroxyl groups is 1. The van der Waals surface area contributed by atoms with Gasteiger partial charge in [0.1, 0.15) is 13.8 Å². The van der Waals surface area contributed by atoms with Crippen LogP contribution in [0.2, 0.25) is 19.6 Å². The predicted molar refractivity (Wildman–Crippen MR) is 116 cm³/mol. The van der Waals surface area contributed by atoms with Crippen molar-refractivity contribution >= 4 is 8.07 Å². The Morgan fingerprint density at radius 3 is 2.25 bits per heavy atom. The molecular weight excluding hydrogens is 364 g/mol. The molecule has 28 heavy (non-hydrogen) atoms. The maximum atomic E-state index is 11.9. The average molecular weight is 389 g/mol. The number of hydrogen-bond donors (Lipinski definition) is 1. The molecule has 3 aromatic rings. The van der Waals surface area contributed by atoms with Crippen molar-refractivity contribution in [3.63, 3.8) is 0 Å². The molecule has 0 aliphatic heterocycles. The molecule has 0 amide bonds. The van der Waals surface area contributed by atoms with Crippen LogP contribution in [0.5, 0.6) is 0 Å². The first kappa shape index (κ1) is 19.9. The Morgan fingerprint density at radius 2 is 1.61 bits per heavy atom. The summed E-state index contributed by atoms with van der Waals surface area (Å²) in [5, 5.41) is 10.6. The summed E-state index contributed by atoms with van der Waals surface area (Å²) in [7, 11) is -1.54. The van der Waals surface area contributed by atoms with Crippen LogP contribution in [0.3, 0.4) is 0 Å². The summed E-state index contributed by atoms with van der Waals surface area (Å²) in [4.78, 5) is 11.9. The maximum Gasteiger partial charge on any atom is 0.337 e. The fourth-order valence-corrected chi connectivity index (χ4v) is 3.32. The van der Waals surface area contributed by atoms with E-state index in [1.165, 1.54) is 6.07 Å². The fourth-order valence-electron chi connectivity index (χ4n) is 2.80. The first-order valence-corrected chi connectivity index (χ1v) is 12.8. The zero-order valence-electron chi connectivity index (χ0n) is 16.4. The van der Waals surface area contributed by atoms with Crippen molar-refractivity contribution in [2.24, 2.45) is 0 Å². The Labute approximate surface area is 166 Å². The van der Waals surface area contributed by atoms with Crippen LogP contribution in [0.25, 0.3) is 11.1 Å². The van der Waals surface area contributed by atoms with E-state index in [1.807, 2.05) is 54.6 Å². The quantitative estimate of drug-likeness (QED) is 0.515. The van der Waals surface area contributed by atoms with E-state index in [9.17, 15) is 9.90 Å². The van der Waals surface area contributed by atoms with Gasteiger partial charge in [0.25, 0.3) is 0 Å². The molecular formula is C24H24O3Si. The molecule has 142 valence electrons. The minimum Gasteiger partial charge on any atom is -0.428 e. The van der Waals surface area contributed by atoms with Crippen LogP contribution in [0.4, 0.5) is 0 Å². The highest BCUT2D eigenvalue weighted by molar-refractivity contribution is 6.83. The smallest absolute Gasteiger partial charge is 0.337 e. The summed E-state index contributed by atoms with van der Waals surface area (Å²) in [6, 6.07) is 21.0. The van der Waals surface area contributed by atoms with Crippen LogP contribution >= 0.6 is 0 Å². The Morgan fingerprint density at radius 1 is 0.964 bits per heavy atom. The summed E-state index contributed by atoms with van der Waals surface area (Å²) in [6.45, 7) is 6.44. The van der Waals surface area contributed by atoms with E-state index < -0.39 is 19.8 Å². The van der Waals surface area contributed by atoms with Gasteiger partial charge in [-0.2, -0.15) is 0 Å². The molecule has 3 rings (SSSR count). The van der Waals surface area contributed by atoms with E-state index >= 15 is 0 Å². The fraction of sp³-hybridized carbons (Fsp3) is 0.208. The molecule has 0 saturated carbocycles. The molecule has 2 aromatic carbocycles. The van der Waals surface area contributed by atoms with Gasteiger partial charge < -0.3 is 9.52 Å². The highest BCUT2D eigenvalue weighted by Gasteiger charge is 2.12. The minimum absolute atomic E-state index is 0.225. The Balaban J connectivity index is 1.77. The van der Waals surface area contributed by atoms with Gasteiger partial charge >= 0.3 is 5.63 Å². The van der Waals surface area contributed by atoms with Crippen molar-refractivity contribution in [2.45, 2.75) is 32.2 Å². The van der Waals surface area contributed by atoms with Crippen molar-refractivity contribution < 1.29 is 9.52 Å². The van der Waals surface area contributed by atoms with E-state index in [4.69, 9.17) is 4.42 Å². The second kappa shape index (κ2) is 8.43. The molecule has 1 aromatic heterocycles. The summed E-state index contributed by atoms with van der Waals surface area (Å²) >= 11 is 0. The van der Waals surface area contributed by atoms with Crippen LogP contribution in [0.15, 0.2) is 75.9 Å².